The summed E-state index contributed by atoms with van der Waals surface area (Å²) in [6.07, 6.45) is 1.54. The quantitative estimate of drug-likeness (QED) is 0.591. The van der Waals surface area contributed by atoms with Crippen LogP contribution in [0.25, 0.3) is 11.2 Å². The van der Waals surface area contributed by atoms with Gasteiger partial charge in [-0.1, -0.05) is 0 Å². The molecule has 4 N–H and O–H groups in total. The minimum Gasteiger partial charge on any atom is -0.359 e. The van der Waals surface area contributed by atoms with Gasteiger partial charge in [-0.15, -0.1) is 0 Å². The summed E-state index contributed by atoms with van der Waals surface area (Å²) in [6.45, 7) is 2.81. The molecular weight excluding hydrogens is 234 g/mol. The molecule has 0 saturated heterocycles. The number of aromatic amines is 1. The van der Waals surface area contributed by atoms with E-state index in [1.807, 2.05) is 6.92 Å². The largest absolute Gasteiger partial charge is 0.359 e. The Morgan fingerprint density at radius 3 is 2.94 bits per heavy atom. The van der Waals surface area contributed by atoms with Gasteiger partial charge in [-0.3, -0.25) is 4.79 Å². The van der Waals surface area contributed by atoms with E-state index in [1.54, 1.807) is 13.4 Å². The second kappa shape index (κ2) is 5.30. The van der Waals surface area contributed by atoms with Crippen molar-refractivity contribution < 1.29 is 4.79 Å². The highest BCUT2D eigenvalue weighted by atomic mass is 16.1. The summed E-state index contributed by atoms with van der Waals surface area (Å²) in [5, 5.41) is 8.49. The van der Waals surface area contributed by atoms with Crippen LogP contribution in [0.4, 0.5) is 11.8 Å². The molecule has 8 nitrogen and oxygen atoms in total. The fourth-order valence-electron chi connectivity index (χ4n) is 1.45. The molecule has 0 saturated carbocycles. The van der Waals surface area contributed by atoms with Gasteiger partial charge in [-0.05, 0) is 6.92 Å². The Kier molecular flexibility index (Phi) is 3.56. The van der Waals surface area contributed by atoms with Crippen LogP contribution < -0.4 is 16.0 Å². The molecule has 96 valence electrons. The molecule has 0 radical (unpaired) electrons. The van der Waals surface area contributed by atoms with E-state index < -0.39 is 0 Å². The van der Waals surface area contributed by atoms with Crippen molar-refractivity contribution in [2.75, 3.05) is 30.8 Å². The fraction of sp³-hybridized carbons (Fsp3) is 0.400. The molecule has 0 aliphatic carbocycles. The summed E-state index contributed by atoms with van der Waals surface area (Å²) in [5.74, 6) is 0.917. The number of carbonyl (C=O) groups excluding carboxylic acids is 1. The Morgan fingerprint density at radius 2 is 2.22 bits per heavy atom. The maximum atomic E-state index is 11.2. The van der Waals surface area contributed by atoms with E-state index in [9.17, 15) is 4.79 Å². The van der Waals surface area contributed by atoms with E-state index in [0.717, 1.165) is 0 Å². The van der Waals surface area contributed by atoms with Crippen molar-refractivity contribution in [3.63, 3.8) is 0 Å². The molecule has 8 heteroatoms. The minimum absolute atomic E-state index is 0.119. The Morgan fingerprint density at radius 1 is 1.39 bits per heavy atom. The first-order valence-corrected chi connectivity index (χ1v) is 5.64. The summed E-state index contributed by atoms with van der Waals surface area (Å²) >= 11 is 0. The molecule has 2 heterocycles. The number of nitrogens with zero attached hydrogens (tertiary/aromatic N) is 3. The second-order valence-electron chi connectivity index (χ2n) is 3.55. The van der Waals surface area contributed by atoms with Crippen LogP contribution >= 0.6 is 0 Å². The van der Waals surface area contributed by atoms with Crippen LogP contribution in [0.2, 0.25) is 0 Å². The highest BCUT2D eigenvalue weighted by Gasteiger charge is 2.10. The van der Waals surface area contributed by atoms with Crippen LogP contribution in [-0.4, -0.2) is 46.0 Å². The van der Waals surface area contributed by atoms with Crippen molar-refractivity contribution in [3.05, 3.63) is 6.33 Å². The van der Waals surface area contributed by atoms with Crippen molar-refractivity contribution >= 4 is 28.8 Å². The summed E-state index contributed by atoms with van der Waals surface area (Å²) in [7, 11) is 1.58. The van der Waals surface area contributed by atoms with Crippen molar-refractivity contribution in [3.8, 4) is 0 Å². The number of amides is 1. The lowest BCUT2D eigenvalue weighted by Crippen LogP contribution is -2.26. The van der Waals surface area contributed by atoms with Gasteiger partial charge in [0.2, 0.25) is 11.9 Å². The molecule has 0 aliphatic rings. The van der Waals surface area contributed by atoms with Crippen LogP contribution in [0.3, 0.4) is 0 Å². The first kappa shape index (κ1) is 12.1. The van der Waals surface area contributed by atoms with E-state index in [1.165, 1.54) is 0 Å². The number of anilines is 2. The van der Waals surface area contributed by atoms with Crippen LogP contribution in [0.15, 0.2) is 6.33 Å². The average Bonchev–Trinajstić information content (AvgIpc) is 2.84. The van der Waals surface area contributed by atoms with E-state index in [2.05, 4.69) is 35.9 Å². The summed E-state index contributed by atoms with van der Waals surface area (Å²) in [5.41, 5.74) is 1.24. The number of rotatable bonds is 5. The number of aromatic nitrogens is 4. The summed E-state index contributed by atoms with van der Waals surface area (Å²) < 4.78 is 0. The van der Waals surface area contributed by atoms with Crippen molar-refractivity contribution in [1.29, 1.82) is 0 Å². The van der Waals surface area contributed by atoms with Crippen LogP contribution in [0.1, 0.15) is 6.92 Å². The topological polar surface area (TPSA) is 108 Å². The lowest BCUT2D eigenvalue weighted by molar-refractivity contribution is -0.118. The van der Waals surface area contributed by atoms with Gasteiger partial charge in [-0.25, -0.2) is 4.98 Å². The third-order valence-electron chi connectivity index (χ3n) is 2.32. The number of carbonyl (C=O) groups is 1. The molecule has 0 fully saturated rings. The molecule has 2 rings (SSSR count). The predicted molar refractivity (Wildman–Crippen MR) is 68.4 cm³/mol. The third kappa shape index (κ3) is 2.47. The van der Waals surface area contributed by atoms with Gasteiger partial charge in [0.25, 0.3) is 0 Å². The fourth-order valence-corrected chi connectivity index (χ4v) is 1.45. The Balaban J connectivity index is 2.28. The summed E-state index contributed by atoms with van der Waals surface area (Å²) in [6, 6.07) is 0. The van der Waals surface area contributed by atoms with Crippen LogP contribution in [0, 0.1) is 0 Å². The molecule has 1 amide bonds. The molecule has 0 spiro atoms. The van der Waals surface area contributed by atoms with Crippen LogP contribution in [0.5, 0.6) is 0 Å². The molecule has 0 atom stereocenters. The predicted octanol–water partition coefficient (Wildman–Crippen LogP) is -0.0574. The van der Waals surface area contributed by atoms with Gasteiger partial charge in [0.15, 0.2) is 11.5 Å². The van der Waals surface area contributed by atoms with E-state index in [-0.39, 0.29) is 12.5 Å². The number of fused-ring (bicyclic) bond motifs is 1. The zero-order valence-electron chi connectivity index (χ0n) is 10.2. The van der Waals surface area contributed by atoms with E-state index in [0.29, 0.717) is 29.5 Å². The number of hydrogen-bond donors (Lipinski definition) is 4. The third-order valence-corrected chi connectivity index (χ3v) is 2.32. The number of H-pyrrole nitrogens is 1. The SMILES string of the molecule is CCNc1nc(NCC(=O)NC)c2[nH]cnc2n1. The molecule has 2 aromatic heterocycles. The Bertz CT molecular complexity index is 550. The molecule has 0 bridgehead atoms. The standard InChI is InChI=1S/C10H15N7O/c1-3-12-10-16-8(13-4-6(18)11-2)7-9(17-10)15-5-14-7/h5H,3-4H2,1-2H3,(H,11,18)(H3,12,13,14,15,16,17). The lowest BCUT2D eigenvalue weighted by Gasteiger charge is -2.07. The van der Waals surface area contributed by atoms with Gasteiger partial charge in [0.05, 0.1) is 12.9 Å². The molecule has 0 aromatic carbocycles. The van der Waals surface area contributed by atoms with Gasteiger partial charge in [0.1, 0.15) is 5.52 Å². The van der Waals surface area contributed by atoms with Crippen molar-refractivity contribution in [2.24, 2.45) is 0 Å². The van der Waals surface area contributed by atoms with Crippen molar-refractivity contribution in [1.82, 2.24) is 25.3 Å². The normalized spacial score (nSPS) is 10.3. The summed E-state index contributed by atoms with van der Waals surface area (Å²) in [4.78, 5) is 26.7. The number of hydrogen-bond acceptors (Lipinski definition) is 6. The molecule has 0 unspecified atom stereocenters. The molecule has 0 aliphatic heterocycles. The minimum atomic E-state index is -0.119. The Labute approximate surface area is 104 Å². The number of likely N-dealkylation sites (N-methyl/N-ethyl adjacent to an activating group) is 1. The molecular formula is C10H15N7O. The van der Waals surface area contributed by atoms with Gasteiger partial charge < -0.3 is 20.9 Å². The zero-order chi connectivity index (χ0) is 13.0. The highest BCUT2D eigenvalue weighted by Crippen LogP contribution is 2.17. The smallest absolute Gasteiger partial charge is 0.239 e. The van der Waals surface area contributed by atoms with Gasteiger partial charge in [-0.2, -0.15) is 9.97 Å². The van der Waals surface area contributed by atoms with Crippen LogP contribution in [-0.2, 0) is 4.79 Å². The van der Waals surface area contributed by atoms with E-state index >= 15 is 0 Å². The maximum Gasteiger partial charge on any atom is 0.239 e. The lowest BCUT2D eigenvalue weighted by atomic mass is 10.4. The maximum absolute atomic E-state index is 11.2. The molecule has 2 aromatic rings. The second-order valence-corrected chi connectivity index (χ2v) is 3.55. The Hall–Kier alpha value is -2.38. The van der Waals surface area contributed by atoms with E-state index in [4.69, 9.17) is 0 Å². The molecule has 18 heavy (non-hydrogen) atoms. The number of nitrogens with one attached hydrogen (secondary N) is 4. The monoisotopic (exact) mass is 249 g/mol. The van der Waals surface area contributed by atoms with Gasteiger partial charge >= 0.3 is 0 Å². The first-order valence-electron chi connectivity index (χ1n) is 5.64. The highest BCUT2D eigenvalue weighted by molar-refractivity contribution is 5.87. The first-order chi connectivity index (χ1) is 8.74. The van der Waals surface area contributed by atoms with Gasteiger partial charge in [0, 0.05) is 13.6 Å². The van der Waals surface area contributed by atoms with Crippen molar-refractivity contribution in [2.45, 2.75) is 6.92 Å². The zero-order valence-corrected chi connectivity index (χ0v) is 10.2. The number of imidazole rings is 1. The average molecular weight is 249 g/mol.